The Bertz CT molecular complexity index is 448. The third kappa shape index (κ3) is 4.61. The highest BCUT2D eigenvalue weighted by molar-refractivity contribution is 5.44. The third-order valence-corrected chi connectivity index (χ3v) is 3.90. The fourth-order valence-corrected chi connectivity index (χ4v) is 2.52. The highest BCUT2D eigenvalue weighted by Gasteiger charge is 2.17. The topological polar surface area (TPSA) is 33.7 Å². The Morgan fingerprint density at radius 3 is 2.57 bits per heavy atom. The van der Waals surface area contributed by atoms with Crippen molar-refractivity contribution >= 4 is 0 Å². The highest BCUT2D eigenvalue weighted by Crippen LogP contribution is 2.32. The molecular formula is C17H28N2O2. The SMILES string of the molecule is CNC(CN(C)CCC(C)C)c1ccc2c(c1)OCCO2. The summed E-state index contributed by atoms with van der Waals surface area (Å²) in [7, 11) is 4.20. The number of hydrogen-bond donors (Lipinski definition) is 1. The van der Waals surface area contributed by atoms with Gasteiger partial charge in [-0.3, -0.25) is 0 Å². The second-order valence-electron chi connectivity index (χ2n) is 6.19. The summed E-state index contributed by atoms with van der Waals surface area (Å²) < 4.78 is 11.3. The molecule has 0 saturated carbocycles. The van der Waals surface area contributed by atoms with Crippen molar-refractivity contribution in [2.45, 2.75) is 26.3 Å². The first-order chi connectivity index (χ1) is 10.1. The van der Waals surface area contributed by atoms with Crippen molar-refractivity contribution in [2.24, 2.45) is 5.92 Å². The molecule has 0 aromatic heterocycles. The quantitative estimate of drug-likeness (QED) is 0.838. The molecule has 0 amide bonds. The first-order valence-electron chi connectivity index (χ1n) is 7.85. The van der Waals surface area contributed by atoms with Gasteiger partial charge in [0.1, 0.15) is 13.2 Å². The number of likely N-dealkylation sites (N-methyl/N-ethyl adjacent to an activating group) is 2. The molecule has 0 fully saturated rings. The van der Waals surface area contributed by atoms with Gasteiger partial charge in [0.05, 0.1) is 0 Å². The van der Waals surface area contributed by atoms with Crippen molar-refractivity contribution in [3.8, 4) is 11.5 Å². The van der Waals surface area contributed by atoms with Gasteiger partial charge in [-0.1, -0.05) is 19.9 Å². The Morgan fingerprint density at radius 2 is 1.90 bits per heavy atom. The molecule has 1 aliphatic rings. The molecule has 0 spiro atoms. The van der Waals surface area contributed by atoms with E-state index in [1.165, 1.54) is 12.0 Å². The molecule has 0 aliphatic carbocycles. The van der Waals surface area contributed by atoms with Crippen LogP contribution in [-0.4, -0.2) is 45.3 Å². The molecule has 0 bridgehead atoms. The van der Waals surface area contributed by atoms with Crippen LogP contribution in [0, 0.1) is 5.92 Å². The largest absolute Gasteiger partial charge is 0.486 e. The van der Waals surface area contributed by atoms with Crippen LogP contribution in [0.4, 0.5) is 0 Å². The second kappa shape index (κ2) is 7.66. The van der Waals surface area contributed by atoms with Crippen molar-refractivity contribution in [3.05, 3.63) is 23.8 Å². The predicted octanol–water partition coefficient (Wildman–Crippen LogP) is 2.70. The lowest BCUT2D eigenvalue weighted by atomic mass is 10.0. The molecule has 118 valence electrons. The van der Waals surface area contributed by atoms with Crippen molar-refractivity contribution < 1.29 is 9.47 Å². The monoisotopic (exact) mass is 292 g/mol. The zero-order chi connectivity index (χ0) is 15.2. The molecule has 0 saturated heterocycles. The zero-order valence-electron chi connectivity index (χ0n) is 13.7. The van der Waals surface area contributed by atoms with Crippen LogP contribution in [0.3, 0.4) is 0 Å². The van der Waals surface area contributed by atoms with Gasteiger partial charge in [0.2, 0.25) is 0 Å². The summed E-state index contributed by atoms with van der Waals surface area (Å²) in [6, 6.07) is 6.55. The van der Waals surface area contributed by atoms with E-state index < -0.39 is 0 Å². The Kier molecular flexibility index (Phi) is 5.88. The van der Waals surface area contributed by atoms with Gasteiger partial charge < -0.3 is 19.7 Å². The predicted molar refractivity (Wildman–Crippen MR) is 86.2 cm³/mol. The molecule has 4 heteroatoms. The van der Waals surface area contributed by atoms with Gasteiger partial charge in [0, 0.05) is 12.6 Å². The Labute approximate surface area is 128 Å². The Balaban J connectivity index is 2.00. The van der Waals surface area contributed by atoms with Gasteiger partial charge in [-0.15, -0.1) is 0 Å². The number of nitrogens with one attached hydrogen (secondary N) is 1. The molecule has 1 N–H and O–H groups in total. The van der Waals surface area contributed by atoms with Crippen LogP contribution < -0.4 is 14.8 Å². The molecule has 1 aliphatic heterocycles. The van der Waals surface area contributed by atoms with Crippen LogP contribution in [0.2, 0.25) is 0 Å². The first kappa shape index (κ1) is 16.1. The molecule has 1 unspecified atom stereocenters. The maximum Gasteiger partial charge on any atom is 0.161 e. The second-order valence-corrected chi connectivity index (χ2v) is 6.19. The minimum absolute atomic E-state index is 0.304. The zero-order valence-corrected chi connectivity index (χ0v) is 13.7. The van der Waals surface area contributed by atoms with Crippen LogP contribution in [0.15, 0.2) is 18.2 Å². The molecule has 21 heavy (non-hydrogen) atoms. The summed E-state index contributed by atoms with van der Waals surface area (Å²) in [5.74, 6) is 2.46. The lowest BCUT2D eigenvalue weighted by molar-refractivity contribution is 0.171. The Hall–Kier alpha value is -1.26. The summed E-state index contributed by atoms with van der Waals surface area (Å²) in [6.07, 6.45) is 1.23. The number of hydrogen-bond acceptors (Lipinski definition) is 4. The number of nitrogens with zero attached hydrogens (tertiary/aromatic N) is 1. The van der Waals surface area contributed by atoms with E-state index in [-0.39, 0.29) is 0 Å². The summed E-state index contributed by atoms with van der Waals surface area (Å²) in [5.41, 5.74) is 1.25. The van der Waals surface area contributed by atoms with Crippen LogP contribution >= 0.6 is 0 Å². The Morgan fingerprint density at radius 1 is 1.19 bits per heavy atom. The average Bonchev–Trinajstić information content (AvgIpc) is 2.50. The van der Waals surface area contributed by atoms with Crippen LogP contribution in [0.5, 0.6) is 11.5 Å². The van der Waals surface area contributed by atoms with Crippen LogP contribution in [-0.2, 0) is 0 Å². The molecule has 1 aromatic carbocycles. The highest BCUT2D eigenvalue weighted by atomic mass is 16.6. The van der Waals surface area contributed by atoms with E-state index in [1.807, 2.05) is 13.1 Å². The normalized spacial score (nSPS) is 15.5. The van der Waals surface area contributed by atoms with E-state index in [0.29, 0.717) is 19.3 Å². The van der Waals surface area contributed by atoms with E-state index in [4.69, 9.17) is 9.47 Å². The summed E-state index contributed by atoms with van der Waals surface area (Å²) in [5, 5.41) is 3.41. The van der Waals surface area contributed by atoms with Gasteiger partial charge in [-0.25, -0.2) is 0 Å². The van der Waals surface area contributed by atoms with Gasteiger partial charge in [0.15, 0.2) is 11.5 Å². The molecule has 1 atom stereocenters. The van der Waals surface area contributed by atoms with Crippen molar-refractivity contribution in [1.29, 1.82) is 0 Å². The number of ether oxygens (including phenoxy) is 2. The molecule has 0 radical (unpaired) electrons. The number of benzene rings is 1. The van der Waals surface area contributed by atoms with Crippen LogP contribution in [0.25, 0.3) is 0 Å². The van der Waals surface area contributed by atoms with Gasteiger partial charge in [-0.05, 0) is 50.7 Å². The summed E-state index contributed by atoms with van der Waals surface area (Å²) >= 11 is 0. The fourth-order valence-electron chi connectivity index (χ4n) is 2.52. The lowest BCUT2D eigenvalue weighted by Gasteiger charge is -2.26. The minimum Gasteiger partial charge on any atom is -0.486 e. The third-order valence-electron chi connectivity index (χ3n) is 3.90. The lowest BCUT2D eigenvalue weighted by Crippen LogP contribution is -2.32. The summed E-state index contributed by atoms with van der Waals surface area (Å²) in [4.78, 5) is 2.39. The molecule has 4 nitrogen and oxygen atoms in total. The number of fused-ring (bicyclic) bond motifs is 1. The smallest absolute Gasteiger partial charge is 0.161 e. The van der Waals surface area contributed by atoms with Crippen molar-refractivity contribution in [1.82, 2.24) is 10.2 Å². The average molecular weight is 292 g/mol. The maximum atomic E-state index is 5.68. The van der Waals surface area contributed by atoms with E-state index in [0.717, 1.165) is 30.5 Å². The van der Waals surface area contributed by atoms with Gasteiger partial charge in [0.25, 0.3) is 0 Å². The van der Waals surface area contributed by atoms with E-state index >= 15 is 0 Å². The molecular weight excluding hydrogens is 264 g/mol. The summed E-state index contributed by atoms with van der Waals surface area (Å²) in [6.45, 7) is 7.92. The standard InChI is InChI=1S/C17H28N2O2/c1-13(2)7-8-19(4)12-15(18-3)14-5-6-16-17(11-14)21-10-9-20-16/h5-6,11,13,15,18H,7-10,12H2,1-4H3. The first-order valence-corrected chi connectivity index (χ1v) is 7.85. The van der Waals surface area contributed by atoms with E-state index in [9.17, 15) is 0 Å². The van der Waals surface area contributed by atoms with Crippen LogP contribution in [0.1, 0.15) is 31.9 Å². The fraction of sp³-hybridized carbons (Fsp3) is 0.647. The van der Waals surface area contributed by atoms with Gasteiger partial charge >= 0.3 is 0 Å². The van der Waals surface area contributed by atoms with E-state index in [2.05, 4.69) is 43.2 Å². The van der Waals surface area contributed by atoms with E-state index in [1.54, 1.807) is 0 Å². The number of rotatable bonds is 7. The molecule has 1 heterocycles. The van der Waals surface area contributed by atoms with Crippen molar-refractivity contribution in [2.75, 3.05) is 40.4 Å². The molecule has 2 rings (SSSR count). The van der Waals surface area contributed by atoms with Crippen molar-refractivity contribution in [3.63, 3.8) is 0 Å². The maximum absolute atomic E-state index is 5.68. The minimum atomic E-state index is 0.304. The van der Waals surface area contributed by atoms with Gasteiger partial charge in [-0.2, -0.15) is 0 Å². The molecule has 1 aromatic rings.